The van der Waals surface area contributed by atoms with Crippen molar-refractivity contribution in [1.82, 2.24) is 20.2 Å². The molecule has 0 amide bonds. The van der Waals surface area contributed by atoms with E-state index in [4.69, 9.17) is 4.84 Å². The standard InChI is InChI=1S/C19H17BrN4O/c20-17-8-4-2-6-15(17)11-25-23-19-16-7-3-1-5-14(16)9-10-18(19)24-13-21-12-22-24/h1-8,12-13,23H,9-11H2. The molecule has 0 spiro atoms. The first kappa shape index (κ1) is 16.1. The van der Waals surface area contributed by atoms with E-state index in [0.717, 1.165) is 39.8 Å². The van der Waals surface area contributed by atoms with Crippen LogP contribution in [0.3, 0.4) is 0 Å². The molecule has 0 aliphatic heterocycles. The Morgan fingerprint density at radius 1 is 1.08 bits per heavy atom. The molecule has 2 aromatic carbocycles. The second-order valence-corrected chi connectivity index (χ2v) is 6.66. The van der Waals surface area contributed by atoms with Crippen molar-refractivity contribution in [3.05, 3.63) is 82.3 Å². The van der Waals surface area contributed by atoms with Gasteiger partial charge in [0, 0.05) is 10.0 Å². The van der Waals surface area contributed by atoms with Crippen LogP contribution in [0, 0.1) is 0 Å². The predicted molar refractivity (Wildman–Crippen MR) is 100.0 cm³/mol. The maximum absolute atomic E-state index is 5.83. The van der Waals surface area contributed by atoms with Crippen molar-refractivity contribution in [2.45, 2.75) is 19.4 Å². The molecule has 0 bridgehead atoms. The van der Waals surface area contributed by atoms with Crippen molar-refractivity contribution in [1.29, 1.82) is 0 Å². The summed E-state index contributed by atoms with van der Waals surface area (Å²) in [4.78, 5) is 9.90. The maximum atomic E-state index is 5.83. The van der Waals surface area contributed by atoms with E-state index in [1.165, 1.54) is 5.56 Å². The molecule has 0 saturated carbocycles. The second kappa shape index (κ2) is 7.21. The molecule has 0 atom stereocenters. The molecule has 1 aliphatic rings. The molecule has 1 heterocycles. The highest BCUT2D eigenvalue weighted by atomic mass is 79.9. The second-order valence-electron chi connectivity index (χ2n) is 5.80. The molecule has 0 saturated heterocycles. The minimum Gasteiger partial charge on any atom is -0.271 e. The van der Waals surface area contributed by atoms with Crippen molar-refractivity contribution < 1.29 is 4.84 Å². The molecular weight excluding hydrogens is 380 g/mol. The van der Waals surface area contributed by atoms with Crippen molar-refractivity contribution in [2.24, 2.45) is 0 Å². The van der Waals surface area contributed by atoms with Gasteiger partial charge < -0.3 is 0 Å². The van der Waals surface area contributed by atoms with E-state index in [1.54, 1.807) is 17.3 Å². The molecule has 1 aliphatic carbocycles. The van der Waals surface area contributed by atoms with Crippen molar-refractivity contribution in [2.75, 3.05) is 0 Å². The van der Waals surface area contributed by atoms with E-state index < -0.39 is 0 Å². The van der Waals surface area contributed by atoms with Gasteiger partial charge in [0.05, 0.1) is 11.4 Å². The highest BCUT2D eigenvalue weighted by Crippen LogP contribution is 2.31. The number of aryl methyl sites for hydroxylation is 1. The fourth-order valence-electron chi connectivity index (χ4n) is 3.01. The normalized spacial score (nSPS) is 13.6. The largest absolute Gasteiger partial charge is 0.271 e. The average molecular weight is 397 g/mol. The van der Waals surface area contributed by atoms with Crippen molar-refractivity contribution in [3.8, 4) is 0 Å². The number of hydrogen-bond donors (Lipinski definition) is 1. The molecule has 126 valence electrons. The molecule has 0 radical (unpaired) electrons. The number of nitrogens with zero attached hydrogens (tertiary/aromatic N) is 3. The molecule has 6 heteroatoms. The molecular formula is C19H17BrN4O. The Kier molecular flexibility index (Phi) is 4.63. The highest BCUT2D eigenvalue weighted by Gasteiger charge is 2.20. The van der Waals surface area contributed by atoms with Gasteiger partial charge in [-0.2, -0.15) is 5.10 Å². The van der Waals surface area contributed by atoms with Crippen LogP contribution in [0.4, 0.5) is 0 Å². The number of hydroxylamine groups is 1. The lowest BCUT2D eigenvalue weighted by atomic mass is 9.93. The summed E-state index contributed by atoms with van der Waals surface area (Å²) in [6.07, 6.45) is 5.12. The van der Waals surface area contributed by atoms with Gasteiger partial charge in [0.15, 0.2) is 0 Å². The third-order valence-corrected chi connectivity index (χ3v) is 5.04. The number of rotatable bonds is 5. The third-order valence-electron chi connectivity index (χ3n) is 4.26. The number of hydrogen-bond acceptors (Lipinski definition) is 4. The molecule has 3 aromatic rings. The van der Waals surface area contributed by atoms with Gasteiger partial charge in [0.25, 0.3) is 0 Å². The molecule has 4 rings (SSSR count). The monoisotopic (exact) mass is 396 g/mol. The van der Waals surface area contributed by atoms with Gasteiger partial charge in [-0.25, -0.2) is 9.67 Å². The number of allylic oxidation sites excluding steroid dienone is 1. The van der Waals surface area contributed by atoms with Crippen LogP contribution in [-0.2, 0) is 17.9 Å². The van der Waals surface area contributed by atoms with Crippen LogP contribution in [0.15, 0.2) is 65.7 Å². The Hall–Kier alpha value is -2.44. The number of fused-ring (bicyclic) bond motifs is 1. The summed E-state index contributed by atoms with van der Waals surface area (Å²) in [6.45, 7) is 0.456. The van der Waals surface area contributed by atoms with E-state index in [-0.39, 0.29) is 0 Å². The summed E-state index contributed by atoms with van der Waals surface area (Å²) in [5.41, 5.74) is 8.70. The lowest BCUT2D eigenvalue weighted by Crippen LogP contribution is -2.21. The van der Waals surface area contributed by atoms with Gasteiger partial charge in [-0.05, 0) is 30.0 Å². The maximum Gasteiger partial charge on any atom is 0.138 e. The number of aromatic nitrogens is 3. The Balaban J connectivity index is 1.62. The Bertz CT molecular complexity index is 905. The van der Waals surface area contributed by atoms with Gasteiger partial charge in [-0.15, -0.1) is 0 Å². The summed E-state index contributed by atoms with van der Waals surface area (Å²) < 4.78 is 2.84. The fourth-order valence-corrected chi connectivity index (χ4v) is 3.41. The van der Waals surface area contributed by atoms with Gasteiger partial charge in [-0.3, -0.25) is 10.3 Å². The minimum absolute atomic E-state index is 0.456. The van der Waals surface area contributed by atoms with Gasteiger partial charge in [0.2, 0.25) is 0 Å². The summed E-state index contributed by atoms with van der Waals surface area (Å²) in [7, 11) is 0. The lowest BCUT2D eigenvalue weighted by molar-refractivity contribution is 0.0641. The van der Waals surface area contributed by atoms with Crippen LogP contribution >= 0.6 is 15.9 Å². The van der Waals surface area contributed by atoms with Crippen LogP contribution in [0.25, 0.3) is 11.4 Å². The summed E-state index contributed by atoms with van der Waals surface area (Å²) in [5, 5.41) is 4.29. The minimum atomic E-state index is 0.456. The van der Waals surface area contributed by atoms with Crippen molar-refractivity contribution >= 4 is 27.3 Å². The van der Waals surface area contributed by atoms with E-state index in [1.807, 2.05) is 30.3 Å². The van der Waals surface area contributed by atoms with E-state index in [2.05, 4.69) is 49.7 Å². The zero-order valence-corrected chi connectivity index (χ0v) is 15.1. The first-order valence-electron chi connectivity index (χ1n) is 8.10. The topological polar surface area (TPSA) is 52.0 Å². The number of benzene rings is 2. The third kappa shape index (κ3) is 3.36. The molecule has 0 unspecified atom stereocenters. The molecule has 1 N–H and O–H groups in total. The predicted octanol–water partition coefficient (Wildman–Crippen LogP) is 4.03. The zero-order chi connectivity index (χ0) is 17.1. The first-order valence-corrected chi connectivity index (χ1v) is 8.90. The quantitative estimate of drug-likeness (QED) is 0.661. The van der Waals surface area contributed by atoms with E-state index in [0.29, 0.717) is 6.61 Å². The highest BCUT2D eigenvalue weighted by molar-refractivity contribution is 9.10. The smallest absolute Gasteiger partial charge is 0.138 e. The van der Waals surface area contributed by atoms with Gasteiger partial charge >= 0.3 is 0 Å². The lowest BCUT2D eigenvalue weighted by Gasteiger charge is -2.24. The van der Waals surface area contributed by atoms with Crippen LogP contribution < -0.4 is 5.48 Å². The van der Waals surface area contributed by atoms with Crippen molar-refractivity contribution in [3.63, 3.8) is 0 Å². The Morgan fingerprint density at radius 3 is 2.76 bits per heavy atom. The fraction of sp³-hybridized carbons (Fsp3) is 0.158. The summed E-state index contributed by atoms with van der Waals surface area (Å²) in [6, 6.07) is 16.4. The van der Waals surface area contributed by atoms with Crippen LogP contribution in [0.5, 0.6) is 0 Å². The molecule has 25 heavy (non-hydrogen) atoms. The SMILES string of the molecule is Brc1ccccc1CONC1=C(n2cncn2)CCc2ccccc21. The number of halogens is 1. The summed E-state index contributed by atoms with van der Waals surface area (Å²) in [5.74, 6) is 0. The number of nitrogens with one attached hydrogen (secondary N) is 1. The first-order chi connectivity index (χ1) is 12.3. The van der Waals surface area contributed by atoms with E-state index in [9.17, 15) is 0 Å². The molecule has 1 aromatic heterocycles. The molecule has 5 nitrogen and oxygen atoms in total. The van der Waals surface area contributed by atoms with Crippen LogP contribution in [0.2, 0.25) is 0 Å². The zero-order valence-electron chi connectivity index (χ0n) is 13.5. The van der Waals surface area contributed by atoms with E-state index >= 15 is 0 Å². The summed E-state index contributed by atoms with van der Waals surface area (Å²) >= 11 is 3.55. The van der Waals surface area contributed by atoms with Crippen LogP contribution in [-0.4, -0.2) is 14.8 Å². The van der Waals surface area contributed by atoms with Crippen LogP contribution in [0.1, 0.15) is 23.1 Å². The van der Waals surface area contributed by atoms with Gasteiger partial charge in [-0.1, -0.05) is 58.4 Å². The Labute approximate surface area is 154 Å². The Morgan fingerprint density at radius 2 is 1.92 bits per heavy atom. The molecule has 0 fully saturated rings. The van der Waals surface area contributed by atoms with Gasteiger partial charge in [0.1, 0.15) is 19.3 Å². The average Bonchev–Trinajstić information content (AvgIpc) is 3.18.